The van der Waals surface area contributed by atoms with Gasteiger partial charge in [0.05, 0.1) is 5.92 Å². The van der Waals surface area contributed by atoms with Crippen LogP contribution in [0.4, 0.5) is 19.3 Å². The summed E-state index contributed by atoms with van der Waals surface area (Å²) in [6, 6.07) is 1.04. The second kappa shape index (κ2) is 6.48. The van der Waals surface area contributed by atoms with Gasteiger partial charge in [0.25, 0.3) is 0 Å². The summed E-state index contributed by atoms with van der Waals surface area (Å²) in [6.45, 7) is 2.15. The van der Waals surface area contributed by atoms with E-state index in [1.807, 2.05) is 6.92 Å². The first kappa shape index (κ1) is 16.5. The number of halogens is 3. The van der Waals surface area contributed by atoms with E-state index >= 15 is 0 Å². The van der Waals surface area contributed by atoms with Gasteiger partial charge in [0, 0.05) is 18.1 Å². The maximum Gasteiger partial charge on any atom is 0.322 e. The summed E-state index contributed by atoms with van der Waals surface area (Å²) in [5, 5.41) is 11.1. The summed E-state index contributed by atoms with van der Waals surface area (Å²) in [5.41, 5.74) is -0.598. The minimum absolute atomic E-state index is 0.00232. The number of hydrogen-bond acceptors (Lipinski definition) is 2. The number of likely N-dealkylation sites (tertiary alicyclic amines) is 1. The molecule has 0 saturated carbocycles. The molecule has 1 saturated heterocycles. The van der Waals surface area contributed by atoms with E-state index < -0.39 is 35.2 Å². The number of benzene rings is 1. The molecule has 8 heteroatoms. The highest BCUT2D eigenvalue weighted by Gasteiger charge is 2.32. The smallest absolute Gasteiger partial charge is 0.322 e. The average molecular weight is 333 g/mol. The summed E-state index contributed by atoms with van der Waals surface area (Å²) in [7, 11) is 0. The number of carboxylic acids is 1. The van der Waals surface area contributed by atoms with Crippen LogP contribution in [-0.2, 0) is 4.79 Å². The minimum atomic E-state index is -0.992. The molecule has 1 fully saturated rings. The van der Waals surface area contributed by atoms with Crippen molar-refractivity contribution in [1.29, 1.82) is 0 Å². The fourth-order valence-electron chi connectivity index (χ4n) is 2.54. The summed E-state index contributed by atoms with van der Waals surface area (Å²) in [6.07, 6.45) is 0.461. The van der Waals surface area contributed by atoms with Crippen molar-refractivity contribution >= 4 is 29.3 Å². The Balaban J connectivity index is 2.13. The van der Waals surface area contributed by atoms with Crippen molar-refractivity contribution < 1.29 is 23.5 Å². The lowest BCUT2D eigenvalue weighted by atomic mass is 9.91. The molecule has 1 aromatic carbocycles. The number of carboxylic acid groups (broad SMARTS) is 1. The van der Waals surface area contributed by atoms with Crippen LogP contribution >= 0.6 is 11.6 Å². The number of nitrogens with zero attached hydrogens (tertiary/aromatic N) is 1. The zero-order chi connectivity index (χ0) is 16.4. The van der Waals surface area contributed by atoms with E-state index in [-0.39, 0.29) is 17.5 Å². The Hall–Kier alpha value is -1.89. The first-order valence-electron chi connectivity index (χ1n) is 6.71. The molecule has 120 valence electrons. The van der Waals surface area contributed by atoms with E-state index in [1.165, 1.54) is 4.90 Å². The molecule has 1 aliphatic rings. The Labute approximate surface area is 130 Å². The normalized spacial score (nSPS) is 21.5. The number of carbonyl (C=O) groups excluding carboxylic acids is 1. The minimum Gasteiger partial charge on any atom is -0.481 e. The van der Waals surface area contributed by atoms with Gasteiger partial charge in [-0.1, -0.05) is 18.5 Å². The molecule has 2 rings (SSSR count). The Morgan fingerprint density at radius 1 is 1.32 bits per heavy atom. The molecule has 2 N–H and O–H groups in total. The maximum absolute atomic E-state index is 13.7. The van der Waals surface area contributed by atoms with Gasteiger partial charge in [-0.05, 0) is 24.5 Å². The third-order valence-corrected chi connectivity index (χ3v) is 3.75. The lowest BCUT2D eigenvalue weighted by molar-refractivity contribution is -0.143. The zero-order valence-electron chi connectivity index (χ0n) is 11.8. The predicted molar refractivity (Wildman–Crippen MR) is 76.9 cm³/mol. The highest BCUT2D eigenvalue weighted by atomic mass is 35.5. The van der Waals surface area contributed by atoms with Gasteiger partial charge in [-0.15, -0.1) is 0 Å². The third kappa shape index (κ3) is 3.65. The van der Waals surface area contributed by atoms with Crippen molar-refractivity contribution in [3.63, 3.8) is 0 Å². The quantitative estimate of drug-likeness (QED) is 0.873. The average Bonchev–Trinajstić information content (AvgIpc) is 2.41. The van der Waals surface area contributed by atoms with E-state index in [1.54, 1.807) is 0 Å². The van der Waals surface area contributed by atoms with E-state index in [2.05, 4.69) is 5.32 Å². The molecule has 2 unspecified atom stereocenters. The van der Waals surface area contributed by atoms with Gasteiger partial charge in [-0.2, -0.15) is 0 Å². The molecule has 2 amide bonds. The Bertz CT molecular complexity index is 589. The van der Waals surface area contributed by atoms with Crippen molar-refractivity contribution in [2.45, 2.75) is 13.3 Å². The summed E-state index contributed by atoms with van der Waals surface area (Å²) in [4.78, 5) is 24.5. The zero-order valence-corrected chi connectivity index (χ0v) is 12.5. The molecule has 22 heavy (non-hydrogen) atoms. The van der Waals surface area contributed by atoms with Crippen LogP contribution in [0.2, 0.25) is 5.02 Å². The lowest BCUT2D eigenvalue weighted by Crippen LogP contribution is -2.47. The molecule has 0 aliphatic carbocycles. The van der Waals surface area contributed by atoms with Crippen LogP contribution < -0.4 is 5.32 Å². The number of nitrogens with one attached hydrogen (secondary N) is 1. The highest BCUT2D eigenvalue weighted by Crippen LogP contribution is 2.26. The van der Waals surface area contributed by atoms with Crippen molar-refractivity contribution in [3.8, 4) is 0 Å². The van der Waals surface area contributed by atoms with Gasteiger partial charge >= 0.3 is 12.0 Å². The van der Waals surface area contributed by atoms with Crippen LogP contribution in [0.1, 0.15) is 13.3 Å². The molecule has 2 atom stereocenters. The number of rotatable bonds is 2. The van der Waals surface area contributed by atoms with Crippen molar-refractivity contribution in [2.24, 2.45) is 11.8 Å². The van der Waals surface area contributed by atoms with Gasteiger partial charge in [0.15, 0.2) is 11.6 Å². The number of piperidine rings is 1. The van der Waals surface area contributed by atoms with Crippen LogP contribution in [0.3, 0.4) is 0 Å². The standard InChI is InChI=1S/C14H15ClF2N2O3/c1-7-2-8(13(20)21)6-19(5-7)14(22)18-12-10(16)3-9(15)4-11(12)17/h3-4,7-8H,2,5-6H2,1H3,(H,18,22)(H,20,21). The fraction of sp³-hybridized carbons (Fsp3) is 0.429. The van der Waals surface area contributed by atoms with Gasteiger partial charge in [-0.3, -0.25) is 4.79 Å². The molecule has 0 radical (unpaired) electrons. The van der Waals surface area contributed by atoms with Gasteiger partial charge < -0.3 is 15.3 Å². The highest BCUT2D eigenvalue weighted by molar-refractivity contribution is 6.30. The molecule has 5 nitrogen and oxygen atoms in total. The topological polar surface area (TPSA) is 69.6 Å². The molecule has 0 spiro atoms. The molecular weight excluding hydrogens is 318 g/mol. The second-order valence-electron chi connectivity index (χ2n) is 5.46. The molecule has 1 aliphatic heterocycles. The summed E-state index contributed by atoms with van der Waals surface area (Å²) in [5.74, 6) is -3.67. The summed E-state index contributed by atoms with van der Waals surface area (Å²) < 4.78 is 27.3. The van der Waals surface area contributed by atoms with Crippen molar-refractivity contribution in [3.05, 3.63) is 28.8 Å². The van der Waals surface area contributed by atoms with E-state index in [0.717, 1.165) is 12.1 Å². The molecular formula is C14H15ClF2N2O3. The van der Waals surface area contributed by atoms with E-state index in [4.69, 9.17) is 16.7 Å². The first-order valence-corrected chi connectivity index (χ1v) is 7.09. The molecule has 0 bridgehead atoms. The molecule has 1 heterocycles. The Morgan fingerprint density at radius 2 is 1.91 bits per heavy atom. The van der Waals surface area contributed by atoms with E-state index in [0.29, 0.717) is 13.0 Å². The molecule has 1 aromatic rings. The monoisotopic (exact) mass is 332 g/mol. The lowest BCUT2D eigenvalue weighted by Gasteiger charge is -2.34. The van der Waals surface area contributed by atoms with Crippen LogP contribution in [0.5, 0.6) is 0 Å². The van der Waals surface area contributed by atoms with Gasteiger partial charge in [0.1, 0.15) is 5.69 Å². The Kier molecular flexibility index (Phi) is 4.85. The second-order valence-corrected chi connectivity index (χ2v) is 5.89. The maximum atomic E-state index is 13.7. The van der Waals surface area contributed by atoms with Crippen molar-refractivity contribution in [2.75, 3.05) is 18.4 Å². The largest absolute Gasteiger partial charge is 0.481 e. The van der Waals surface area contributed by atoms with Crippen LogP contribution in [0, 0.1) is 23.5 Å². The van der Waals surface area contributed by atoms with Gasteiger partial charge in [0.2, 0.25) is 0 Å². The van der Waals surface area contributed by atoms with Crippen LogP contribution in [0.15, 0.2) is 12.1 Å². The number of carbonyl (C=O) groups is 2. The number of aliphatic carboxylic acids is 1. The van der Waals surface area contributed by atoms with Crippen LogP contribution in [0.25, 0.3) is 0 Å². The predicted octanol–water partition coefficient (Wildman–Crippen LogP) is 3.19. The summed E-state index contributed by atoms with van der Waals surface area (Å²) >= 11 is 5.51. The number of urea groups is 1. The number of anilines is 1. The number of hydrogen-bond donors (Lipinski definition) is 2. The SMILES string of the molecule is CC1CC(C(=O)O)CN(C(=O)Nc2c(F)cc(Cl)cc2F)C1. The first-order chi connectivity index (χ1) is 10.3. The van der Waals surface area contributed by atoms with E-state index in [9.17, 15) is 18.4 Å². The number of amides is 2. The van der Waals surface area contributed by atoms with Crippen LogP contribution in [-0.4, -0.2) is 35.1 Å². The fourth-order valence-corrected chi connectivity index (χ4v) is 2.74. The van der Waals surface area contributed by atoms with Crippen molar-refractivity contribution in [1.82, 2.24) is 4.90 Å². The molecule has 0 aromatic heterocycles. The van der Waals surface area contributed by atoms with Gasteiger partial charge in [-0.25, -0.2) is 13.6 Å². The Morgan fingerprint density at radius 3 is 2.45 bits per heavy atom. The third-order valence-electron chi connectivity index (χ3n) is 3.53.